The maximum absolute atomic E-state index is 12.3. The second-order valence-electron chi connectivity index (χ2n) is 5.19. The molecule has 1 aliphatic heterocycles. The third kappa shape index (κ3) is 5.07. The molecule has 0 spiro atoms. The van der Waals surface area contributed by atoms with E-state index in [0.29, 0.717) is 17.8 Å². The summed E-state index contributed by atoms with van der Waals surface area (Å²) in [7, 11) is 1.21. The van der Waals surface area contributed by atoms with Crippen LogP contribution in [-0.4, -0.2) is 44.1 Å². The van der Waals surface area contributed by atoms with E-state index in [9.17, 15) is 14.4 Å². The Morgan fingerprint density at radius 2 is 2.09 bits per heavy atom. The predicted molar refractivity (Wildman–Crippen MR) is 83.0 cm³/mol. The number of nitrogens with one attached hydrogen (secondary N) is 2. The molecule has 1 atom stereocenters. The number of carbonyl (C=O) groups is 3. The van der Waals surface area contributed by atoms with Crippen molar-refractivity contribution in [3.8, 4) is 0 Å². The lowest BCUT2D eigenvalue weighted by atomic mass is 10.1. The van der Waals surface area contributed by atoms with Crippen molar-refractivity contribution >= 4 is 23.5 Å². The number of hydrogen-bond donors (Lipinski definition) is 2. The fraction of sp³-hybridized carbons (Fsp3) is 0.438. The average molecular weight is 320 g/mol. The lowest BCUT2D eigenvalue weighted by Gasteiger charge is -2.13. The Labute approximate surface area is 134 Å². The summed E-state index contributed by atoms with van der Waals surface area (Å²) < 4.78 is 9.89. The molecule has 7 heteroatoms. The monoisotopic (exact) mass is 320 g/mol. The van der Waals surface area contributed by atoms with Gasteiger partial charge >= 0.3 is 5.97 Å². The van der Waals surface area contributed by atoms with Gasteiger partial charge in [-0.25, -0.2) is 0 Å². The second kappa shape index (κ2) is 8.28. The second-order valence-corrected chi connectivity index (χ2v) is 5.19. The van der Waals surface area contributed by atoms with E-state index < -0.39 is 18.3 Å². The zero-order chi connectivity index (χ0) is 16.7. The highest BCUT2D eigenvalue weighted by Crippen LogP contribution is 2.16. The van der Waals surface area contributed by atoms with Gasteiger partial charge in [0.2, 0.25) is 5.91 Å². The molecule has 1 saturated heterocycles. The molecular weight excluding hydrogens is 300 g/mol. The van der Waals surface area contributed by atoms with E-state index in [1.165, 1.54) is 7.11 Å². The largest absolute Gasteiger partial charge is 0.469 e. The molecule has 0 saturated carbocycles. The number of rotatable bonds is 6. The summed E-state index contributed by atoms with van der Waals surface area (Å²) >= 11 is 0. The zero-order valence-electron chi connectivity index (χ0n) is 13.0. The number of hydrogen-bond acceptors (Lipinski definition) is 5. The van der Waals surface area contributed by atoms with Crippen LogP contribution in [0.4, 0.5) is 5.69 Å². The lowest BCUT2D eigenvalue weighted by Crippen LogP contribution is -2.32. The summed E-state index contributed by atoms with van der Waals surface area (Å²) in [5, 5.41) is 5.35. The first-order valence-corrected chi connectivity index (χ1v) is 7.45. The summed E-state index contributed by atoms with van der Waals surface area (Å²) in [5.41, 5.74) is 0.690. The van der Waals surface area contributed by atoms with E-state index in [4.69, 9.17) is 4.74 Å². The smallest absolute Gasteiger partial charge is 0.315 e. The highest BCUT2D eigenvalue weighted by Gasteiger charge is 2.19. The van der Waals surface area contributed by atoms with E-state index >= 15 is 0 Å². The van der Waals surface area contributed by atoms with Gasteiger partial charge in [0.15, 0.2) is 0 Å². The molecule has 2 N–H and O–H groups in total. The number of anilines is 1. The fourth-order valence-corrected chi connectivity index (χ4v) is 2.29. The van der Waals surface area contributed by atoms with Crippen LogP contribution in [0, 0.1) is 0 Å². The Bertz CT molecular complexity index is 582. The summed E-state index contributed by atoms with van der Waals surface area (Å²) in [6.45, 7) is 1.16. The molecule has 0 bridgehead atoms. The molecule has 2 amide bonds. The van der Waals surface area contributed by atoms with Gasteiger partial charge in [0.1, 0.15) is 6.42 Å². The fourth-order valence-electron chi connectivity index (χ4n) is 2.29. The minimum atomic E-state index is -0.636. The SMILES string of the molecule is COC(=O)CC(=O)Nc1ccccc1C(=O)NCC1CCCO1. The van der Waals surface area contributed by atoms with Gasteiger partial charge in [-0.1, -0.05) is 12.1 Å². The van der Waals surface area contributed by atoms with Gasteiger partial charge in [0.05, 0.1) is 24.5 Å². The lowest BCUT2D eigenvalue weighted by molar-refractivity contribution is -0.142. The quantitative estimate of drug-likeness (QED) is 0.604. The molecule has 124 valence electrons. The number of methoxy groups -OCH3 is 1. The summed E-state index contributed by atoms with van der Waals surface area (Å²) in [6.07, 6.45) is 1.57. The minimum absolute atomic E-state index is 0.0417. The molecule has 0 aliphatic carbocycles. The third-order valence-electron chi connectivity index (χ3n) is 3.49. The van der Waals surface area contributed by atoms with E-state index in [1.54, 1.807) is 24.3 Å². The van der Waals surface area contributed by atoms with Crippen molar-refractivity contribution in [2.45, 2.75) is 25.4 Å². The highest BCUT2D eigenvalue weighted by atomic mass is 16.5. The van der Waals surface area contributed by atoms with Crippen LogP contribution in [0.5, 0.6) is 0 Å². The van der Waals surface area contributed by atoms with Crippen molar-refractivity contribution in [1.82, 2.24) is 5.32 Å². The van der Waals surface area contributed by atoms with Crippen molar-refractivity contribution in [2.24, 2.45) is 0 Å². The average Bonchev–Trinajstić information content (AvgIpc) is 3.06. The first kappa shape index (κ1) is 17.0. The molecule has 0 radical (unpaired) electrons. The van der Waals surface area contributed by atoms with Crippen LogP contribution in [-0.2, 0) is 19.1 Å². The molecule has 1 aliphatic rings. The predicted octanol–water partition coefficient (Wildman–Crippen LogP) is 1.10. The van der Waals surface area contributed by atoms with Crippen LogP contribution < -0.4 is 10.6 Å². The molecule has 7 nitrogen and oxygen atoms in total. The molecule has 1 fully saturated rings. The number of carbonyl (C=O) groups excluding carboxylic acids is 3. The van der Waals surface area contributed by atoms with Gasteiger partial charge in [0.25, 0.3) is 5.91 Å². The van der Waals surface area contributed by atoms with Crippen molar-refractivity contribution < 1.29 is 23.9 Å². The maximum Gasteiger partial charge on any atom is 0.315 e. The molecule has 23 heavy (non-hydrogen) atoms. The molecule has 2 rings (SSSR count). The Morgan fingerprint density at radius 3 is 2.78 bits per heavy atom. The summed E-state index contributed by atoms with van der Waals surface area (Å²) in [6, 6.07) is 6.62. The normalized spacial score (nSPS) is 16.7. The first-order chi connectivity index (χ1) is 11.1. The van der Waals surface area contributed by atoms with Gasteiger partial charge in [-0.05, 0) is 25.0 Å². The maximum atomic E-state index is 12.3. The van der Waals surface area contributed by atoms with Gasteiger partial charge in [0, 0.05) is 13.2 Å². The van der Waals surface area contributed by atoms with Gasteiger partial charge in [-0.2, -0.15) is 0 Å². The molecule has 0 aromatic heterocycles. The van der Waals surface area contributed by atoms with Crippen molar-refractivity contribution in [1.29, 1.82) is 0 Å². The molecule has 1 aromatic carbocycles. The van der Waals surface area contributed by atoms with Crippen LogP contribution in [0.2, 0.25) is 0 Å². The standard InChI is InChI=1S/C16H20N2O5/c1-22-15(20)9-14(19)18-13-7-3-2-6-12(13)16(21)17-10-11-5-4-8-23-11/h2-3,6-7,11H,4-5,8-10H2,1H3,(H,17,21)(H,18,19). The van der Waals surface area contributed by atoms with E-state index in [-0.39, 0.29) is 12.0 Å². The molecule has 1 aromatic rings. The van der Waals surface area contributed by atoms with Gasteiger partial charge < -0.3 is 20.1 Å². The van der Waals surface area contributed by atoms with E-state index in [1.807, 2.05) is 0 Å². The van der Waals surface area contributed by atoms with E-state index in [2.05, 4.69) is 15.4 Å². The van der Waals surface area contributed by atoms with Crippen LogP contribution in [0.3, 0.4) is 0 Å². The first-order valence-electron chi connectivity index (χ1n) is 7.45. The Hall–Kier alpha value is -2.41. The molecule has 1 unspecified atom stereocenters. The number of amides is 2. The third-order valence-corrected chi connectivity index (χ3v) is 3.49. The molecular formula is C16H20N2O5. The van der Waals surface area contributed by atoms with Gasteiger partial charge in [-0.3, -0.25) is 14.4 Å². The van der Waals surface area contributed by atoms with E-state index in [0.717, 1.165) is 19.4 Å². The Balaban J connectivity index is 1.96. The topological polar surface area (TPSA) is 93.7 Å². The van der Waals surface area contributed by atoms with Crippen LogP contribution in [0.1, 0.15) is 29.6 Å². The minimum Gasteiger partial charge on any atom is -0.469 e. The Kier molecular flexibility index (Phi) is 6.10. The van der Waals surface area contributed by atoms with Crippen molar-refractivity contribution in [3.63, 3.8) is 0 Å². The van der Waals surface area contributed by atoms with Crippen molar-refractivity contribution in [2.75, 3.05) is 25.6 Å². The van der Waals surface area contributed by atoms with Gasteiger partial charge in [-0.15, -0.1) is 0 Å². The summed E-state index contributed by atoms with van der Waals surface area (Å²) in [5.74, 6) is -1.46. The van der Waals surface area contributed by atoms with Crippen LogP contribution >= 0.6 is 0 Å². The van der Waals surface area contributed by atoms with Crippen LogP contribution in [0.25, 0.3) is 0 Å². The number of para-hydroxylation sites is 1. The van der Waals surface area contributed by atoms with Crippen molar-refractivity contribution in [3.05, 3.63) is 29.8 Å². The number of ether oxygens (including phenoxy) is 2. The Morgan fingerprint density at radius 1 is 1.30 bits per heavy atom. The zero-order valence-corrected chi connectivity index (χ0v) is 13.0. The highest BCUT2D eigenvalue weighted by molar-refractivity contribution is 6.07. The number of esters is 1. The molecule has 1 heterocycles. The number of benzene rings is 1. The van der Waals surface area contributed by atoms with Crippen LogP contribution in [0.15, 0.2) is 24.3 Å². The summed E-state index contributed by atoms with van der Waals surface area (Å²) in [4.78, 5) is 35.1.